The standard InChI is InChI=1S/C14H19N7O3/c1-19-13(7-12(18-19)10-3-2-4-10)17-14(22)15-5-6-20-9-11(8-16-20)21(23)24/h7-10H,2-6H2,1H3,(H2,15,17,22). The zero-order chi connectivity index (χ0) is 17.1. The van der Waals surface area contributed by atoms with Crippen molar-refractivity contribution in [1.29, 1.82) is 0 Å². The molecule has 128 valence electrons. The predicted molar refractivity (Wildman–Crippen MR) is 85.7 cm³/mol. The Labute approximate surface area is 138 Å². The number of carbonyl (C=O) groups excluding carboxylic acids is 1. The van der Waals surface area contributed by atoms with Crippen LogP contribution in [0.2, 0.25) is 0 Å². The quantitative estimate of drug-likeness (QED) is 0.615. The molecule has 1 saturated carbocycles. The van der Waals surface area contributed by atoms with Gasteiger partial charge in [-0.15, -0.1) is 0 Å². The van der Waals surface area contributed by atoms with Crippen molar-refractivity contribution < 1.29 is 9.72 Å². The van der Waals surface area contributed by atoms with Crippen LogP contribution in [-0.2, 0) is 13.6 Å². The molecule has 24 heavy (non-hydrogen) atoms. The van der Waals surface area contributed by atoms with Gasteiger partial charge in [0.15, 0.2) is 0 Å². The summed E-state index contributed by atoms with van der Waals surface area (Å²) >= 11 is 0. The minimum atomic E-state index is -0.508. The SMILES string of the molecule is Cn1nc(C2CCC2)cc1NC(=O)NCCn1cc([N+](=O)[O-])cn1. The van der Waals surface area contributed by atoms with E-state index in [1.54, 1.807) is 11.7 Å². The van der Waals surface area contributed by atoms with Crippen LogP contribution in [0, 0.1) is 10.1 Å². The van der Waals surface area contributed by atoms with Crippen LogP contribution in [0.25, 0.3) is 0 Å². The number of carbonyl (C=O) groups is 1. The molecule has 3 rings (SSSR count). The fourth-order valence-corrected chi connectivity index (χ4v) is 2.52. The van der Waals surface area contributed by atoms with E-state index in [4.69, 9.17) is 0 Å². The van der Waals surface area contributed by atoms with Gasteiger partial charge in [-0.1, -0.05) is 6.42 Å². The van der Waals surface area contributed by atoms with E-state index in [1.165, 1.54) is 23.5 Å². The summed E-state index contributed by atoms with van der Waals surface area (Å²) in [7, 11) is 1.79. The van der Waals surface area contributed by atoms with Crippen molar-refractivity contribution in [3.63, 3.8) is 0 Å². The molecule has 2 amide bonds. The summed E-state index contributed by atoms with van der Waals surface area (Å²) in [5.41, 5.74) is 0.945. The molecule has 2 aromatic rings. The first-order valence-electron chi connectivity index (χ1n) is 7.78. The molecule has 10 heteroatoms. The largest absolute Gasteiger partial charge is 0.336 e. The van der Waals surface area contributed by atoms with Crippen molar-refractivity contribution in [2.24, 2.45) is 7.05 Å². The number of nitrogens with zero attached hydrogens (tertiary/aromatic N) is 5. The molecule has 2 aromatic heterocycles. The molecule has 2 heterocycles. The van der Waals surface area contributed by atoms with E-state index in [9.17, 15) is 14.9 Å². The number of aryl methyl sites for hydroxylation is 1. The Balaban J connectivity index is 1.47. The molecule has 0 radical (unpaired) electrons. The normalized spacial score (nSPS) is 14.2. The van der Waals surface area contributed by atoms with Crippen LogP contribution in [0.4, 0.5) is 16.3 Å². The van der Waals surface area contributed by atoms with Gasteiger partial charge in [0.2, 0.25) is 0 Å². The van der Waals surface area contributed by atoms with E-state index in [2.05, 4.69) is 20.8 Å². The van der Waals surface area contributed by atoms with Crippen LogP contribution in [0.5, 0.6) is 0 Å². The Bertz CT molecular complexity index is 747. The third-order valence-corrected chi connectivity index (χ3v) is 4.12. The maximum atomic E-state index is 11.9. The smallest absolute Gasteiger partial charge is 0.320 e. The van der Waals surface area contributed by atoms with Gasteiger partial charge < -0.3 is 5.32 Å². The lowest BCUT2D eigenvalue weighted by molar-refractivity contribution is -0.385. The molecule has 0 spiro atoms. The minimum Gasteiger partial charge on any atom is -0.336 e. The van der Waals surface area contributed by atoms with Crippen LogP contribution < -0.4 is 10.6 Å². The summed E-state index contributed by atoms with van der Waals surface area (Å²) in [4.78, 5) is 22.0. The van der Waals surface area contributed by atoms with Gasteiger partial charge in [-0.2, -0.15) is 10.2 Å². The number of nitro groups is 1. The van der Waals surface area contributed by atoms with Crippen molar-refractivity contribution in [1.82, 2.24) is 24.9 Å². The van der Waals surface area contributed by atoms with E-state index in [1.807, 2.05) is 6.07 Å². The number of amides is 2. The summed E-state index contributed by atoms with van der Waals surface area (Å²) in [6, 6.07) is 1.56. The van der Waals surface area contributed by atoms with E-state index in [-0.39, 0.29) is 11.7 Å². The maximum absolute atomic E-state index is 11.9. The second kappa shape index (κ2) is 6.69. The van der Waals surface area contributed by atoms with Gasteiger partial charge in [0, 0.05) is 25.6 Å². The molecular weight excluding hydrogens is 314 g/mol. The number of anilines is 1. The molecule has 0 bridgehead atoms. The first-order valence-corrected chi connectivity index (χ1v) is 7.78. The number of urea groups is 1. The molecule has 2 N–H and O–H groups in total. The summed E-state index contributed by atoms with van der Waals surface area (Å²) in [6.45, 7) is 0.651. The summed E-state index contributed by atoms with van der Waals surface area (Å²) in [5.74, 6) is 1.15. The molecular formula is C14H19N7O3. The molecule has 1 aliphatic rings. The van der Waals surface area contributed by atoms with Crippen molar-refractivity contribution in [3.8, 4) is 0 Å². The Morgan fingerprint density at radius 2 is 2.29 bits per heavy atom. The van der Waals surface area contributed by atoms with E-state index in [0.29, 0.717) is 24.8 Å². The Hall–Kier alpha value is -2.91. The fraction of sp³-hybridized carbons (Fsp3) is 0.500. The molecule has 1 fully saturated rings. The fourth-order valence-electron chi connectivity index (χ4n) is 2.52. The van der Waals surface area contributed by atoms with Gasteiger partial charge in [0.05, 0.1) is 17.2 Å². The van der Waals surface area contributed by atoms with Gasteiger partial charge in [0.25, 0.3) is 0 Å². The van der Waals surface area contributed by atoms with Crippen LogP contribution in [-0.4, -0.2) is 37.1 Å². The summed E-state index contributed by atoms with van der Waals surface area (Å²) < 4.78 is 3.07. The molecule has 1 aliphatic carbocycles. The summed E-state index contributed by atoms with van der Waals surface area (Å²) in [5, 5.41) is 24.3. The topological polar surface area (TPSA) is 120 Å². The van der Waals surface area contributed by atoms with E-state index >= 15 is 0 Å². The lowest BCUT2D eigenvalue weighted by atomic mass is 9.83. The van der Waals surface area contributed by atoms with Crippen molar-refractivity contribution >= 4 is 17.5 Å². The highest BCUT2D eigenvalue weighted by Gasteiger charge is 2.23. The Morgan fingerprint density at radius 3 is 2.92 bits per heavy atom. The monoisotopic (exact) mass is 333 g/mol. The van der Waals surface area contributed by atoms with E-state index in [0.717, 1.165) is 18.5 Å². The van der Waals surface area contributed by atoms with Gasteiger partial charge in [-0.05, 0) is 12.8 Å². The highest BCUT2D eigenvalue weighted by molar-refractivity contribution is 5.88. The van der Waals surface area contributed by atoms with Gasteiger partial charge in [-0.25, -0.2) is 4.79 Å². The van der Waals surface area contributed by atoms with Gasteiger partial charge in [0.1, 0.15) is 18.2 Å². The Morgan fingerprint density at radius 1 is 1.50 bits per heavy atom. The lowest BCUT2D eigenvalue weighted by Gasteiger charge is -2.22. The van der Waals surface area contributed by atoms with Crippen LogP contribution in [0.15, 0.2) is 18.5 Å². The molecule has 0 atom stereocenters. The second-order valence-corrected chi connectivity index (χ2v) is 5.81. The third-order valence-electron chi connectivity index (χ3n) is 4.12. The average molecular weight is 333 g/mol. The van der Waals surface area contributed by atoms with Crippen molar-refractivity contribution in [2.75, 3.05) is 11.9 Å². The van der Waals surface area contributed by atoms with Crippen molar-refractivity contribution in [2.45, 2.75) is 31.7 Å². The Kier molecular flexibility index (Phi) is 4.45. The molecule has 0 aliphatic heterocycles. The molecule has 0 saturated heterocycles. The molecule has 10 nitrogen and oxygen atoms in total. The summed E-state index contributed by atoms with van der Waals surface area (Å²) in [6.07, 6.45) is 6.04. The van der Waals surface area contributed by atoms with Crippen LogP contribution in [0.1, 0.15) is 30.9 Å². The van der Waals surface area contributed by atoms with Crippen molar-refractivity contribution in [3.05, 3.63) is 34.3 Å². The molecule has 0 unspecified atom stereocenters. The van der Waals surface area contributed by atoms with Crippen LogP contribution >= 0.6 is 0 Å². The lowest BCUT2D eigenvalue weighted by Crippen LogP contribution is -2.32. The maximum Gasteiger partial charge on any atom is 0.320 e. The highest BCUT2D eigenvalue weighted by atomic mass is 16.6. The highest BCUT2D eigenvalue weighted by Crippen LogP contribution is 2.36. The first-order chi connectivity index (χ1) is 11.5. The average Bonchev–Trinajstić information content (AvgIpc) is 3.05. The predicted octanol–water partition coefficient (Wildman–Crippen LogP) is 1.61. The number of aromatic nitrogens is 4. The zero-order valence-corrected chi connectivity index (χ0v) is 13.3. The van der Waals surface area contributed by atoms with Gasteiger partial charge >= 0.3 is 11.7 Å². The molecule has 0 aromatic carbocycles. The first kappa shape index (κ1) is 16.0. The number of hydrogen-bond donors (Lipinski definition) is 2. The second-order valence-electron chi connectivity index (χ2n) is 5.81. The third kappa shape index (κ3) is 3.53. The number of nitrogens with one attached hydrogen (secondary N) is 2. The van der Waals surface area contributed by atoms with Crippen LogP contribution in [0.3, 0.4) is 0 Å². The number of rotatable bonds is 6. The van der Waals surface area contributed by atoms with E-state index < -0.39 is 4.92 Å². The zero-order valence-electron chi connectivity index (χ0n) is 13.3. The number of hydrogen-bond acceptors (Lipinski definition) is 5. The van der Waals surface area contributed by atoms with Gasteiger partial charge in [-0.3, -0.25) is 24.8 Å². The minimum absolute atomic E-state index is 0.0714.